The molecule has 0 saturated heterocycles. The lowest BCUT2D eigenvalue weighted by Gasteiger charge is -2.16. The number of pyridine rings is 8. The Kier molecular flexibility index (Phi) is 17.8. The van der Waals surface area contributed by atoms with Gasteiger partial charge in [-0.15, -0.1) is 0 Å². The Morgan fingerprint density at radius 1 is 0.300 bits per heavy atom. The molecule has 110 heavy (non-hydrogen) atoms. The zero-order chi connectivity index (χ0) is 89.2. The zero-order valence-electron chi connectivity index (χ0n) is 80.1. The lowest BCUT2D eigenvalue weighted by atomic mass is 9.90. The van der Waals surface area contributed by atoms with E-state index in [0.717, 1.165) is 123 Å². The molecule has 16 rings (SSSR count). The van der Waals surface area contributed by atoms with Crippen LogP contribution in [-0.2, 0) is 28.2 Å². The van der Waals surface area contributed by atoms with E-state index in [0.29, 0.717) is 69.3 Å². The molecule has 0 aliphatic heterocycles. The summed E-state index contributed by atoms with van der Waals surface area (Å²) in [6, 6.07) is 40.8. The van der Waals surface area contributed by atoms with Crippen LogP contribution in [0, 0.1) is 41.5 Å². The van der Waals surface area contributed by atoms with E-state index in [1.165, 1.54) is 68.0 Å². The first-order valence-corrected chi connectivity index (χ1v) is 38.3. The molecule has 0 bridgehead atoms. The average molecular weight is 1480 g/mol. The molecular formula is C98H112N8O4+4. The van der Waals surface area contributed by atoms with E-state index in [-0.39, 0.29) is 0 Å². The second-order valence-electron chi connectivity index (χ2n) is 31.6. The minimum atomic E-state index is -3.37. The first-order valence-electron chi connectivity index (χ1n) is 44.3. The molecule has 0 amide bonds. The van der Waals surface area contributed by atoms with Crippen LogP contribution in [0.4, 0.5) is 0 Å². The predicted octanol–water partition coefficient (Wildman–Crippen LogP) is 24.7. The maximum absolute atomic E-state index is 8.83. The van der Waals surface area contributed by atoms with Gasteiger partial charge in [-0.2, -0.15) is 0 Å². The summed E-state index contributed by atoms with van der Waals surface area (Å²) in [5.41, 5.74) is 26.5. The third kappa shape index (κ3) is 14.5. The van der Waals surface area contributed by atoms with E-state index in [1.807, 2.05) is 71.0 Å². The van der Waals surface area contributed by atoms with Crippen molar-refractivity contribution in [3.8, 4) is 45.0 Å². The molecular weight excluding hydrogens is 1350 g/mol. The van der Waals surface area contributed by atoms with Crippen molar-refractivity contribution >= 4 is 88.3 Å². The van der Waals surface area contributed by atoms with Crippen LogP contribution in [0.25, 0.3) is 133 Å². The molecule has 12 heteroatoms. The number of nitrogens with zero attached hydrogens (tertiary/aromatic N) is 8. The maximum atomic E-state index is 8.83. The van der Waals surface area contributed by atoms with Crippen LogP contribution in [0.5, 0.6) is 0 Å². The van der Waals surface area contributed by atoms with Gasteiger partial charge in [0.15, 0.2) is 47.1 Å². The Morgan fingerprint density at radius 3 is 0.882 bits per heavy atom. The Hall–Kier alpha value is -10.7. The zero-order valence-corrected chi connectivity index (χ0v) is 68.1. The van der Waals surface area contributed by atoms with Gasteiger partial charge >= 0.3 is 0 Å². The minimum absolute atomic E-state index is 0.352. The number of aromatic nitrogens is 8. The smallest absolute Gasteiger partial charge is 0.227 e. The van der Waals surface area contributed by atoms with Crippen molar-refractivity contribution < 1.29 is 52.4 Å². The fourth-order valence-electron chi connectivity index (χ4n) is 15.7. The summed E-state index contributed by atoms with van der Waals surface area (Å²) in [7, 11) is 7.88. The van der Waals surface area contributed by atoms with Gasteiger partial charge in [-0.25, -0.2) is 38.2 Å². The highest BCUT2D eigenvalue weighted by atomic mass is 16.4. The maximum Gasteiger partial charge on any atom is 0.227 e. The Bertz CT molecular complexity index is 6750. The van der Waals surface area contributed by atoms with Gasteiger partial charge in [0.1, 0.15) is 28.2 Å². The van der Waals surface area contributed by atoms with Gasteiger partial charge in [-0.3, -0.25) is 0 Å². The molecule has 12 nitrogen and oxygen atoms in total. The van der Waals surface area contributed by atoms with Crippen LogP contribution in [0.2, 0.25) is 0 Å². The summed E-state index contributed by atoms with van der Waals surface area (Å²) < 4.78 is 131. The summed E-state index contributed by atoms with van der Waals surface area (Å²) in [4.78, 5) is 17.9. The lowest BCUT2D eigenvalue weighted by Crippen LogP contribution is -2.32. The number of hydrogen-bond donors (Lipinski definition) is 0. The van der Waals surface area contributed by atoms with Crippen molar-refractivity contribution in [2.45, 2.75) is 199 Å². The molecule has 1 unspecified atom stereocenters. The molecule has 0 saturated carbocycles. The van der Waals surface area contributed by atoms with E-state index < -0.39 is 49.4 Å². The predicted molar refractivity (Wildman–Crippen MR) is 454 cm³/mol. The molecule has 564 valence electrons. The van der Waals surface area contributed by atoms with E-state index in [4.69, 9.17) is 34.1 Å². The van der Waals surface area contributed by atoms with Crippen LogP contribution in [0.1, 0.15) is 252 Å². The van der Waals surface area contributed by atoms with Crippen molar-refractivity contribution in [1.82, 2.24) is 19.9 Å². The van der Waals surface area contributed by atoms with E-state index in [9.17, 15) is 0 Å². The second-order valence-corrected chi connectivity index (χ2v) is 31.6. The van der Waals surface area contributed by atoms with Crippen molar-refractivity contribution in [3.05, 3.63) is 237 Å². The van der Waals surface area contributed by atoms with E-state index in [2.05, 4.69) is 236 Å². The summed E-state index contributed by atoms with van der Waals surface area (Å²) in [5, 5.41) is 8.00. The highest BCUT2D eigenvalue weighted by Crippen LogP contribution is 2.44. The molecule has 4 aromatic carbocycles. The molecule has 1 atom stereocenters. The number of hydrogen-bond acceptors (Lipinski definition) is 8. The molecule has 12 aromatic heterocycles. The number of rotatable bonds is 12. The molecule has 0 N–H and O–H groups in total. The molecule has 0 fully saturated rings. The molecule has 16 aromatic rings. The van der Waals surface area contributed by atoms with Gasteiger partial charge in [-0.1, -0.05) is 159 Å². The van der Waals surface area contributed by atoms with E-state index in [1.54, 1.807) is 18.5 Å². The molecule has 0 aliphatic rings. The molecule has 0 aliphatic carbocycles. The van der Waals surface area contributed by atoms with Crippen LogP contribution < -0.4 is 18.3 Å². The third-order valence-corrected chi connectivity index (χ3v) is 21.6. The fraction of sp³-hybridized carbons (Fsp3) is 0.347. The third-order valence-electron chi connectivity index (χ3n) is 21.6. The quantitative estimate of drug-likeness (QED) is 0.111. The summed E-state index contributed by atoms with van der Waals surface area (Å²) >= 11 is 0. The largest absolute Gasteiger partial charge is 0.437 e. The first kappa shape index (κ1) is 63.1. The van der Waals surface area contributed by atoms with Crippen LogP contribution in [0.3, 0.4) is 0 Å². The Morgan fingerprint density at radius 2 is 0.573 bits per heavy atom. The van der Waals surface area contributed by atoms with Gasteiger partial charge in [0, 0.05) is 130 Å². The highest BCUT2D eigenvalue weighted by Gasteiger charge is 2.31. The Balaban J connectivity index is 0.000000141. The number of aryl methyl sites for hydroxylation is 10. The molecule has 0 spiro atoms. The van der Waals surface area contributed by atoms with Crippen LogP contribution >= 0.6 is 0 Å². The average Bonchev–Trinajstić information content (AvgIpc) is 0.921. The van der Waals surface area contributed by atoms with Gasteiger partial charge < -0.3 is 17.7 Å². The summed E-state index contributed by atoms with van der Waals surface area (Å²) in [6.07, 6.45) is 11.3. The second kappa shape index (κ2) is 31.0. The van der Waals surface area contributed by atoms with Crippen molar-refractivity contribution in [1.29, 1.82) is 0 Å². The number of benzene rings is 4. The normalized spacial score (nSPS) is 14.7. The van der Waals surface area contributed by atoms with Gasteiger partial charge in [0.25, 0.3) is 0 Å². The first-order chi connectivity index (χ1) is 57.0. The van der Waals surface area contributed by atoms with Crippen molar-refractivity contribution in [2.75, 3.05) is 0 Å². The molecule has 12 heterocycles. The monoisotopic (exact) mass is 1480 g/mol. The molecule has 0 radical (unpaired) electrons. The number of fused-ring (bicyclic) bond motifs is 12. The van der Waals surface area contributed by atoms with E-state index >= 15 is 0 Å². The fourth-order valence-corrected chi connectivity index (χ4v) is 15.7. The standard InChI is InChI=1S/2C25H29N2O.2C24H27N2O/c2*1-14(2)20-12-22(27(7)13-21(20)15(3)4)23-16(5)8-10-18-19-11-9-17(6)26-25(19)28-24(18)23;2*1-14(2)19-12-21(26(6)13-20(19)15(3)4)22-16(5)9-10-17-18-8-7-11-25-24(18)27-23(17)22/h2*8-15H,1-7H3;2*7-15H,1-6H3/q4*+1/i14D;;1D3,3D3,4D3,14D,15D;. The van der Waals surface area contributed by atoms with Crippen molar-refractivity contribution in [2.24, 2.45) is 28.2 Å². The topological polar surface area (TPSA) is 120 Å². The number of furan rings is 4. The van der Waals surface area contributed by atoms with Gasteiger partial charge in [0.05, 0.1) is 22.3 Å². The van der Waals surface area contributed by atoms with Gasteiger partial charge in [0.2, 0.25) is 45.6 Å². The Labute approximate surface area is 666 Å². The van der Waals surface area contributed by atoms with Gasteiger partial charge in [-0.05, 0) is 182 Å². The van der Waals surface area contributed by atoms with Crippen LogP contribution in [0.15, 0.2) is 176 Å². The summed E-state index contributed by atoms with van der Waals surface area (Å²) in [5.74, 6) is -4.06. The SMILES string of the molecule is Cc1ccc2c(n1)oc1c(-c3cc(C(C)C)c(C(C)C)c[n+]3C)c(C)ccc12.Cc1ccc2c(oc3ncccc32)c1-c1cc(C(C)C)c(C(C)C)c[n+]1C.[2H]C(C)(C)c1cc(-c2c(C)ccc3c2oc2nc(C)ccc23)[n+](C)cc1C(C)C.[2H]C([2H])([2H])C([2H])(C)c1cc(-c2c(C)ccc3c2oc2ncccc23)[n+](C)cc1C([2H])(C([2H])([2H])[2H])C([2H])([2H])[2H]. The highest BCUT2D eigenvalue weighted by molar-refractivity contribution is 6.12. The lowest BCUT2D eigenvalue weighted by molar-refractivity contribution is -0.661. The summed E-state index contributed by atoms with van der Waals surface area (Å²) in [6.45, 7) is 30.0. The van der Waals surface area contributed by atoms with Crippen molar-refractivity contribution in [3.63, 3.8) is 0 Å². The minimum Gasteiger partial charge on any atom is -0.437 e. The van der Waals surface area contributed by atoms with Crippen LogP contribution in [-0.4, -0.2) is 19.9 Å².